The van der Waals surface area contributed by atoms with Gasteiger partial charge in [0.2, 0.25) is 0 Å². The zero-order valence-corrected chi connectivity index (χ0v) is 11.5. The molecule has 0 amide bonds. The van der Waals surface area contributed by atoms with E-state index in [1.165, 1.54) is 6.07 Å². The first kappa shape index (κ1) is 13.0. The average Bonchev–Trinajstić information content (AvgIpc) is 2.28. The summed E-state index contributed by atoms with van der Waals surface area (Å²) in [6.45, 7) is 2.45. The summed E-state index contributed by atoms with van der Waals surface area (Å²) in [5.41, 5.74) is 1.01. The highest BCUT2D eigenvalue weighted by molar-refractivity contribution is 9.10. The third-order valence-electron chi connectivity index (χ3n) is 3.17. The molecule has 2 rings (SSSR count). The van der Waals surface area contributed by atoms with Gasteiger partial charge in [0.05, 0.1) is 0 Å². The van der Waals surface area contributed by atoms with Gasteiger partial charge in [0.25, 0.3) is 0 Å². The number of rotatable bonds is 3. The fourth-order valence-corrected chi connectivity index (χ4v) is 2.76. The van der Waals surface area contributed by atoms with Gasteiger partial charge in [-0.2, -0.15) is 0 Å². The number of halogens is 2. The molecule has 94 valence electrons. The fourth-order valence-electron chi connectivity index (χ4n) is 2.25. The molecule has 1 aliphatic rings. The minimum atomic E-state index is -0.185. The second kappa shape index (κ2) is 5.94. The van der Waals surface area contributed by atoms with E-state index in [0.717, 1.165) is 42.6 Å². The van der Waals surface area contributed by atoms with Crippen molar-refractivity contribution < 1.29 is 9.13 Å². The first-order chi connectivity index (χ1) is 8.15. The van der Waals surface area contributed by atoms with E-state index < -0.39 is 0 Å². The van der Waals surface area contributed by atoms with Crippen LogP contribution in [0, 0.1) is 5.82 Å². The zero-order chi connectivity index (χ0) is 12.3. The van der Waals surface area contributed by atoms with Crippen LogP contribution in [0.2, 0.25) is 0 Å². The van der Waals surface area contributed by atoms with Crippen molar-refractivity contribution in [3.63, 3.8) is 0 Å². The van der Waals surface area contributed by atoms with Gasteiger partial charge in [0.1, 0.15) is 5.82 Å². The Morgan fingerprint density at radius 2 is 2.06 bits per heavy atom. The third-order valence-corrected chi connectivity index (χ3v) is 3.63. The number of nitrogens with zero attached hydrogens (tertiary/aromatic N) is 1. The SMILES string of the molecule is CN(Cc1cc(F)cc(Br)c1)C1CCOCC1. The van der Waals surface area contributed by atoms with Crippen LogP contribution in [0.4, 0.5) is 4.39 Å². The number of hydrogen-bond donors (Lipinski definition) is 0. The predicted molar refractivity (Wildman–Crippen MR) is 69.4 cm³/mol. The Balaban J connectivity index is 1.99. The summed E-state index contributed by atoms with van der Waals surface area (Å²) in [5.74, 6) is -0.185. The molecule has 2 nitrogen and oxygen atoms in total. The van der Waals surface area contributed by atoms with E-state index in [1.54, 1.807) is 6.07 Å². The molecular weight excluding hydrogens is 285 g/mol. The van der Waals surface area contributed by atoms with E-state index in [4.69, 9.17) is 4.74 Å². The lowest BCUT2D eigenvalue weighted by Crippen LogP contribution is -2.36. The molecule has 1 aliphatic heterocycles. The Hall–Kier alpha value is -0.450. The molecule has 0 unspecified atom stereocenters. The highest BCUT2D eigenvalue weighted by Gasteiger charge is 2.18. The van der Waals surface area contributed by atoms with Gasteiger partial charge in [-0.05, 0) is 43.7 Å². The lowest BCUT2D eigenvalue weighted by molar-refractivity contribution is 0.0406. The predicted octanol–water partition coefficient (Wildman–Crippen LogP) is 3.20. The highest BCUT2D eigenvalue weighted by atomic mass is 79.9. The summed E-state index contributed by atoms with van der Waals surface area (Å²) in [4.78, 5) is 2.28. The van der Waals surface area contributed by atoms with Gasteiger partial charge < -0.3 is 4.74 Å². The monoisotopic (exact) mass is 301 g/mol. The number of benzene rings is 1. The molecule has 0 N–H and O–H groups in total. The van der Waals surface area contributed by atoms with Crippen LogP contribution >= 0.6 is 15.9 Å². The molecule has 0 radical (unpaired) electrons. The molecule has 0 bridgehead atoms. The fraction of sp³-hybridized carbons (Fsp3) is 0.538. The standard InChI is InChI=1S/C13H17BrFNO/c1-16(13-2-4-17-5-3-13)9-10-6-11(14)8-12(15)7-10/h6-8,13H,2-5,9H2,1H3. The molecule has 1 heterocycles. The van der Waals surface area contributed by atoms with Crippen molar-refractivity contribution in [2.45, 2.75) is 25.4 Å². The van der Waals surface area contributed by atoms with Gasteiger partial charge in [-0.25, -0.2) is 4.39 Å². The molecule has 0 saturated carbocycles. The molecule has 0 spiro atoms. The van der Waals surface area contributed by atoms with E-state index in [2.05, 4.69) is 27.9 Å². The van der Waals surface area contributed by atoms with Crippen molar-refractivity contribution >= 4 is 15.9 Å². The van der Waals surface area contributed by atoms with Crippen LogP contribution in [-0.2, 0) is 11.3 Å². The molecule has 4 heteroatoms. The quantitative estimate of drug-likeness (QED) is 0.850. The molecule has 0 aliphatic carbocycles. The van der Waals surface area contributed by atoms with E-state index in [1.807, 2.05) is 6.07 Å². The van der Waals surface area contributed by atoms with E-state index in [0.29, 0.717) is 6.04 Å². The van der Waals surface area contributed by atoms with E-state index in [9.17, 15) is 4.39 Å². The molecular formula is C13H17BrFNO. The Morgan fingerprint density at radius 3 is 2.71 bits per heavy atom. The topological polar surface area (TPSA) is 12.5 Å². The lowest BCUT2D eigenvalue weighted by atomic mass is 10.1. The Bertz CT molecular complexity index is 359. The Labute approximate surface area is 110 Å². The van der Waals surface area contributed by atoms with Gasteiger partial charge in [-0.1, -0.05) is 15.9 Å². The average molecular weight is 302 g/mol. The molecule has 1 fully saturated rings. The first-order valence-electron chi connectivity index (χ1n) is 5.88. The summed E-state index contributed by atoms with van der Waals surface area (Å²) >= 11 is 3.32. The number of ether oxygens (including phenoxy) is 1. The van der Waals surface area contributed by atoms with Crippen LogP contribution in [-0.4, -0.2) is 31.2 Å². The van der Waals surface area contributed by atoms with Gasteiger partial charge in [-0.15, -0.1) is 0 Å². The van der Waals surface area contributed by atoms with E-state index in [-0.39, 0.29) is 5.82 Å². The molecule has 0 aromatic heterocycles. The summed E-state index contributed by atoms with van der Waals surface area (Å²) in [7, 11) is 2.09. The maximum atomic E-state index is 13.3. The van der Waals surface area contributed by atoms with Crippen LogP contribution in [0.25, 0.3) is 0 Å². The lowest BCUT2D eigenvalue weighted by Gasteiger charge is -2.31. The molecule has 1 saturated heterocycles. The smallest absolute Gasteiger partial charge is 0.124 e. The van der Waals surface area contributed by atoms with Gasteiger partial charge >= 0.3 is 0 Å². The van der Waals surface area contributed by atoms with Crippen molar-refractivity contribution in [1.29, 1.82) is 0 Å². The van der Waals surface area contributed by atoms with Crippen molar-refractivity contribution in [2.24, 2.45) is 0 Å². The summed E-state index contributed by atoms with van der Waals surface area (Å²) in [6, 6.07) is 5.60. The third kappa shape index (κ3) is 3.76. The maximum Gasteiger partial charge on any atom is 0.124 e. The molecule has 1 aromatic carbocycles. The summed E-state index contributed by atoms with van der Waals surface area (Å²) < 4.78 is 19.4. The molecule has 0 atom stereocenters. The second-order valence-electron chi connectivity index (χ2n) is 4.54. The largest absolute Gasteiger partial charge is 0.381 e. The highest BCUT2D eigenvalue weighted by Crippen LogP contribution is 2.19. The van der Waals surface area contributed by atoms with Crippen LogP contribution in [0.3, 0.4) is 0 Å². The Morgan fingerprint density at radius 1 is 1.35 bits per heavy atom. The summed E-state index contributed by atoms with van der Waals surface area (Å²) in [6.07, 6.45) is 2.12. The van der Waals surface area contributed by atoms with Crippen molar-refractivity contribution in [3.05, 3.63) is 34.1 Å². The van der Waals surface area contributed by atoms with Crippen molar-refractivity contribution in [2.75, 3.05) is 20.3 Å². The minimum Gasteiger partial charge on any atom is -0.381 e. The van der Waals surface area contributed by atoms with Crippen LogP contribution in [0.1, 0.15) is 18.4 Å². The maximum absolute atomic E-state index is 13.3. The van der Waals surface area contributed by atoms with Crippen molar-refractivity contribution in [3.8, 4) is 0 Å². The first-order valence-corrected chi connectivity index (χ1v) is 6.67. The van der Waals surface area contributed by atoms with Gasteiger partial charge in [0, 0.05) is 30.3 Å². The van der Waals surface area contributed by atoms with Crippen molar-refractivity contribution in [1.82, 2.24) is 4.90 Å². The van der Waals surface area contributed by atoms with Crippen LogP contribution in [0.5, 0.6) is 0 Å². The van der Waals surface area contributed by atoms with Gasteiger partial charge in [-0.3, -0.25) is 4.90 Å². The van der Waals surface area contributed by atoms with Crippen LogP contribution < -0.4 is 0 Å². The molecule has 1 aromatic rings. The summed E-state index contributed by atoms with van der Waals surface area (Å²) in [5, 5.41) is 0. The normalized spacial score (nSPS) is 17.6. The molecule has 17 heavy (non-hydrogen) atoms. The Kier molecular flexibility index (Phi) is 4.54. The number of hydrogen-bond acceptors (Lipinski definition) is 2. The van der Waals surface area contributed by atoms with E-state index >= 15 is 0 Å². The minimum absolute atomic E-state index is 0.185. The zero-order valence-electron chi connectivity index (χ0n) is 9.96. The second-order valence-corrected chi connectivity index (χ2v) is 5.45. The van der Waals surface area contributed by atoms with Crippen LogP contribution in [0.15, 0.2) is 22.7 Å². The van der Waals surface area contributed by atoms with Gasteiger partial charge in [0.15, 0.2) is 0 Å².